The first-order chi connectivity index (χ1) is 19.2. The molecule has 12 heteroatoms. The first-order valence-electron chi connectivity index (χ1n) is 13.7. The van der Waals surface area contributed by atoms with Gasteiger partial charge in [-0.2, -0.15) is 4.98 Å². The Kier molecular flexibility index (Phi) is 8.04. The lowest BCUT2D eigenvalue weighted by molar-refractivity contribution is -0.136. The summed E-state index contributed by atoms with van der Waals surface area (Å²) in [5, 5.41) is 12.2. The number of anilines is 1. The van der Waals surface area contributed by atoms with E-state index < -0.39 is 17.6 Å². The van der Waals surface area contributed by atoms with Gasteiger partial charge < -0.3 is 26.4 Å². The maximum absolute atomic E-state index is 12.8. The molecule has 12 nitrogen and oxygen atoms in total. The van der Waals surface area contributed by atoms with Gasteiger partial charge in [-0.15, -0.1) is 0 Å². The highest BCUT2D eigenvalue weighted by Gasteiger charge is 2.50. The summed E-state index contributed by atoms with van der Waals surface area (Å²) in [5.41, 5.74) is 13.8. The number of nitrogens with one attached hydrogen (secondary N) is 1. The maximum atomic E-state index is 12.8. The van der Waals surface area contributed by atoms with E-state index in [1.165, 1.54) is 10.1 Å². The van der Waals surface area contributed by atoms with Crippen LogP contribution in [0.1, 0.15) is 18.4 Å². The van der Waals surface area contributed by atoms with Crippen LogP contribution in [0.5, 0.6) is 0 Å². The highest BCUT2D eigenvalue weighted by molar-refractivity contribution is 5.88. The quantitative estimate of drug-likeness (QED) is 0.333. The van der Waals surface area contributed by atoms with Crippen LogP contribution in [-0.2, 0) is 11.3 Å². The van der Waals surface area contributed by atoms with Crippen LogP contribution in [0.25, 0.3) is 5.69 Å². The Morgan fingerprint density at radius 2 is 1.75 bits per heavy atom. The molecule has 1 aliphatic carbocycles. The standard InChI is InChI=1S/C28H38N8O4/c1-19(14-29)23(16-37)25(38)34-8-10-35(11-9-34)26(39)31-24-6-7-36(27(40)32-24)22-4-2-20(3-5-22)15-33-17-28(18-33)12-21(30)13-28/h2-7,21,23,37H,1,8-18,29-30H2,(H,31,32,39,40). The van der Waals surface area contributed by atoms with E-state index >= 15 is 0 Å². The van der Waals surface area contributed by atoms with Crippen LogP contribution in [0.4, 0.5) is 10.6 Å². The number of rotatable bonds is 8. The highest BCUT2D eigenvalue weighted by Crippen LogP contribution is 2.47. The Balaban J connectivity index is 1.12. The Hall–Kier alpha value is -3.58. The lowest BCUT2D eigenvalue weighted by atomic mass is 9.61. The molecule has 3 heterocycles. The van der Waals surface area contributed by atoms with Crippen molar-refractivity contribution in [2.24, 2.45) is 22.8 Å². The molecule has 0 radical (unpaired) electrons. The number of amides is 3. The molecule has 40 heavy (non-hydrogen) atoms. The summed E-state index contributed by atoms with van der Waals surface area (Å²) in [4.78, 5) is 47.8. The first-order valence-corrected chi connectivity index (χ1v) is 13.7. The SMILES string of the molecule is C=C(CN)C(CO)C(=O)N1CCN(C(=O)Nc2ccn(-c3ccc(CN4CC5(CC(N)C5)C4)cc3)c(=O)n2)CC1. The van der Waals surface area contributed by atoms with Crippen molar-refractivity contribution in [2.45, 2.75) is 25.4 Å². The molecule has 2 aromatic rings. The summed E-state index contributed by atoms with van der Waals surface area (Å²) in [5.74, 6) is -0.829. The number of nitrogens with two attached hydrogens (primary N) is 2. The normalized spacial score (nSPS) is 19.6. The smallest absolute Gasteiger partial charge is 0.354 e. The largest absolute Gasteiger partial charge is 0.395 e. The Labute approximate surface area is 233 Å². The van der Waals surface area contributed by atoms with Gasteiger partial charge in [0.05, 0.1) is 18.2 Å². The van der Waals surface area contributed by atoms with Crippen LogP contribution >= 0.6 is 0 Å². The van der Waals surface area contributed by atoms with Crippen molar-refractivity contribution in [3.63, 3.8) is 0 Å². The molecular formula is C28H38N8O4. The second-order valence-electron chi connectivity index (χ2n) is 11.3. The van der Waals surface area contributed by atoms with Crippen molar-refractivity contribution in [1.29, 1.82) is 0 Å². The van der Waals surface area contributed by atoms with Crippen LogP contribution in [0.3, 0.4) is 0 Å². The molecule has 1 saturated carbocycles. The predicted molar refractivity (Wildman–Crippen MR) is 151 cm³/mol. The van der Waals surface area contributed by atoms with Gasteiger partial charge in [0.1, 0.15) is 5.82 Å². The monoisotopic (exact) mass is 550 g/mol. The maximum Gasteiger partial charge on any atom is 0.354 e. The van der Waals surface area contributed by atoms with Gasteiger partial charge in [0, 0.05) is 64.6 Å². The molecule has 6 N–H and O–H groups in total. The lowest BCUT2D eigenvalue weighted by Gasteiger charge is -2.58. The Bertz CT molecular complexity index is 1300. The van der Waals surface area contributed by atoms with Crippen LogP contribution in [0, 0.1) is 11.3 Å². The summed E-state index contributed by atoms with van der Waals surface area (Å²) >= 11 is 0. The Morgan fingerprint density at radius 3 is 2.33 bits per heavy atom. The van der Waals surface area contributed by atoms with E-state index in [-0.39, 0.29) is 24.9 Å². The van der Waals surface area contributed by atoms with Crippen LogP contribution in [0.15, 0.2) is 53.5 Å². The fraction of sp³-hybridized carbons (Fsp3) is 0.500. The third-order valence-electron chi connectivity index (χ3n) is 8.28. The molecule has 3 fully saturated rings. The van der Waals surface area contributed by atoms with E-state index in [0.29, 0.717) is 48.9 Å². The van der Waals surface area contributed by atoms with E-state index in [1.54, 1.807) is 22.1 Å². The minimum Gasteiger partial charge on any atom is -0.395 e. The minimum absolute atomic E-state index is 0.117. The highest BCUT2D eigenvalue weighted by atomic mass is 16.3. The molecule has 214 valence electrons. The number of likely N-dealkylation sites (tertiary alicyclic amines) is 1. The molecular weight excluding hydrogens is 512 g/mol. The number of aromatic nitrogens is 2. The molecule has 1 spiro atoms. The molecule has 3 amide bonds. The van der Waals surface area contributed by atoms with Gasteiger partial charge in [-0.05, 0) is 47.6 Å². The minimum atomic E-state index is -0.739. The number of aliphatic hydroxyl groups excluding tert-OH is 1. The predicted octanol–water partition coefficient (Wildman–Crippen LogP) is -0.0449. The second kappa shape index (κ2) is 11.5. The summed E-state index contributed by atoms with van der Waals surface area (Å²) < 4.78 is 1.44. The van der Waals surface area contributed by atoms with Crippen molar-refractivity contribution in [3.05, 3.63) is 64.7 Å². The Morgan fingerprint density at radius 1 is 1.10 bits per heavy atom. The molecule has 2 aliphatic heterocycles. The average molecular weight is 551 g/mol. The van der Waals surface area contributed by atoms with Crippen molar-refractivity contribution in [1.82, 2.24) is 24.3 Å². The number of benzene rings is 1. The number of carbonyl (C=O) groups excluding carboxylic acids is 2. The van der Waals surface area contributed by atoms with Gasteiger partial charge in [0.15, 0.2) is 0 Å². The van der Waals surface area contributed by atoms with Gasteiger partial charge >= 0.3 is 11.7 Å². The second-order valence-corrected chi connectivity index (χ2v) is 11.3. The molecule has 1 aromatic heterocycles. The molecule has 1 unspecified atom stereocenters. The van der Waals surface area contributed by atoms with Crippen LogP contribution in [0.2, 0.25) is 0 Å². The fourth-order valence-electron chi connectivity index (χ4n) is 6.08. The van der Waals surface area contributed by atoms with E-state index in [9.17, 15) is 19.5 Å². The van der Waals surface area contributed by atoms with Crippen molar-refractivity contribution in [3.8, 4) is 5.69 Å². The number of urea groups is 1. The summed E-state index contributed by atoms with van der Waals surface area (Å²) in [6.07, 6.45) is 3.85. The zero-order valence-corrected chi connectivity index (χ0v) is 22.7. The van der Waals surface area contributed by atoms with Crippen LogP contribution in [-0.4, -0.2) is 99.8 Å². The van der Waals surface area contributed by atoms with Gasteiger partial charge in [0.2, 0.25) is 5.91 Å². The van der Waals surface area contributed by atoms with Gasteiger partial charge in [0.25, 0.3) is 0 Å². The van der Waals surface area contributed by atoms with Crippen LogP contribution < -0.4 is 22.5 Å². The van der Waals surface area contributed by atoms with Gasteiger partial charge in [-0.25, -0.2) is 9.59 Å². The molecule has 2 saturated heterocycles. The molecule has 3 aliphatic rings. The molecule has 1 atom stereocenters. The third kappa shape index (κ3) is 5.80. The van der Waals surface area contributed by atoms with Crippen molar-refractivity contribution in [2.75, 3.05) is 57.7 Å². The number of hydrogen-bond donors (Lipinski definition) is 4. The van der Waals surface area contributed by atoms with E-state index in [2.05, 4.69) is 21.8 Å². The van der Waals surface area contributed by atoms with E-state index in [1.807, 2.05) is 24.3 Å². The van der Waals surface area contributed by atoms with Crippen molar-refractivity contribution >= 4 is 17.8 Å². The zero-order chi connectivity index (χ0) is 28.4. The topological polar surface area (TPSA) is 163 Å². The first kappa shape index (κ1) is 28.0. The summed E-state index contributed by atoms with van der Waals surface area (Å²) in [6.45, 7) is 7.85. The number of aliphatic hydroxyl groups is 1. The average Bonchev–Trinajstić information content (AvgIpc) is 2.92. The van der Waals surface area contributed by atoms with Crippen molar-refractivity contribution < 1.29 is 14.7 Å². The number of nitrogens with zero attached hydrogens (tertiary/aromatic N) is 5. The van der Waals surface area contributed by atoms with E-state index in [4.69, 9.17) is 11.5 Å². The van der Waals surface area contributed by atoms with Gasteiger partial charge in [-0.1, -0.05) is 18.7 Å². The molecule has 0 bridgehead atoms. The zero-order valence-electron chi connectivity index (χ0n) is 22.7. The number of hydrogen-bond acceptors (Lipinski definition) is 8. The summed E-state index contributed by atoms with van der Waals surface area (Å²) in [6, 6.07) is 9.40. The third-order valence-corrected chi connectivity index (χ3v) is 8.28. The van der Waals surface area contributed by atoms with Gasteiger partial charge in [-0.3, -0.25) is 19.6 Å². The lowest BCUT2D eigenvalue weighted by Crippen LogP contribution is -2.64. The molecule has 1 aromatic carbocycles. The summed E-state index contributed by atoms with van der Waals surface area (Å²) in [7, 11) is 0. The number of piperazine rings is 1. The number of carbonyl (C=O) groups is 2. The fourth-order valence-corrected chi connectivity index (χ4v) is 6.08. The van der Waals surface area contributed by atoms with E-state index in [0.717, 1.165) is 32.5 Å². The molecule has 5 rings (SSSR count).